The van der Waals surface area contributed by atoms with E-state index in [2.05, 4.69) is 0 Å². The van der Waals surface area contributed by atoms with Crippen LogP contribution in [0.5, 0.6) is 0 Å². The maximum Gasteiger partial charge on any atom is 0.316 e. The maximum atomic E-state index is 12.2. The highest BCUT2D eigenvalue weighted by Gasteiger charge is 2.37. The summed E-state index contributed by atoms with van der Waals surface area (Å²) in [6, 6.07) is 0. The first-order valence-corrected chi connectivity index (χ1v) is 7.13. The van der Waals surface area contributed by atoms with Gasteiger partial charge in [0.2, 0.25) is 0 Å². The van der Waals surface area contributed by atoms with Crippen LogP contribution in [0.3, 0.4) is 0 Å². The number of hydrogen-bond acceptors (Lipinski definition) is 5. The molecule has 1 fully saturated rings. The summed E-state index contributed by atoms with van der Waals surface area (Å²) in [5.74, 6) is 0.241. The molecule has 0 bridgehead atoms. The molecule has 0 aliphatic carbocycles. The number of esters is 1. The van der Waals surface area contributed by atoms with Crippen molar-refractivity contribution in [1.29, 1.82) is 0 Å². The van der Waals surface area contributed by atoms with Crippen LogP contribution in [0.25, 0.3) is 0 Å². The van der Waals surface area contributed by atoms with Crippen molar-refractivity contribution >= 4 is 23.5 Å². The summed E-state index contributed by atoms with van der Waals surface area (Å²) < 4.78 is 10.4. The van der Waals surface area contributed by atoms with Gasteiger partial charge in [0.25, 0.3) is 0 Å². The fraction of sp³-hybridized carbons (Fsp3) is 0.833. The largest absolute Gasteiger partial charge is 0.465 e. The van der Waals surface area contributed by atoms with Crippen molar-refractivity contribution in [3.05, 3.63) is 0 Å². The van der Waals surface area contributed by atoms with Crippen LogP contribution >= 0.6 is 11.8 Å². The summed E-state index contributed by atoms with van der Waals surface area (Å²) in [6.45, 7) is 6.34. The average Bonchev–Trinajstić information content (AvgIpc) is 2.30. The molecule has 4 nitrogen and oxygen atoms in total. The van der Waals surface area contributed by atoms with Crippen LogP contribution in [-0.4, -0.2) is 42.6 Å². The van der Waals surface area contributed by atoms with Crippen LogP contribution in [-0.2, 0) is 19.1 Å². The molecule has 2 atom stereocenters. The zero-order chi connectivity index (χ0) is 12.8. The molecule has 1 aliphatic heterocycles. The summed E-state index contributed by atoms with van der Waals surface area (Å²) in [4.78, 5) is 24.0. The Morgan fingerprint density at radius 3 is 2.65 bits per heavy atom. The predicted octanol–water partition coefficient (Wildman–Crippen LogP) is 1.52. The highest BCUT2D eigenvalue weighted by Crippen LogP contribution is 2.22. The van der Waals surface area contributed by atoms with E-state index in [9.17, 15) is 9.59 Å². The summed E-state index contributed by atoms with van der Waals surface area (Å²) in [5.41, 5.74) is 0. The summed E-state index contributed by atoms with van der Waals surface area (Å²) >= 11 is 1.69. The zero-order valence-corrected chi connectivity index (χ0v) is 11.4. The Morgan fingerprint density at radius 2 is 2.18 bits per heavy atom. The first kappa shape index (κ1) is 14.5. The van der Waals surface area contributed by atoms with Crippen LogP contribution in [0.4, 0.5) is 0 Å². The van der Waals surface area contributed by atoms with Gasteiger partial charge in [-0.1, -0.05) is 13.8 Å². The molecule has 0 aromatic rings. The van der Waals surface area contributed by atoms with Gasteiger partial charge in [0.1, 0.15) is 12.0 Å². The Morgan fingerprint density at radius 1 is 1.47 bits per heavy atom. The molecule has 0 aromatic heterocycles. The van der Waals surface area contributed by atoms with Crippen molar-refractivity contribution in [1.82, 2.24) is 0 Å². The lowest BCUT2D eigenvalue weighted by Gasteiger charge is -2.26. The number of Topliss-reactive ketones (excluding diaryl/α,β-unsaturated/α-hetero) is 1. The summed E-state index contributed by atoms with van der Waals surface area (Å²) in [6.07, 6.45) is -0.453. The van der Waals surface area contributed by atoms with E-state index in [-0.39, 0.29) is 11.7 Å². The molecular weight excluding hydrogens is 240 g/mol. The molecule has 0 N–H and O–H groups in total. The van der Waals surface area contributed by atoms with Crippen LogP contribution in [0.1, 0.15) is 20.8 Å². The average molecular weight is 260 g/mol. The molecule has 1 saturated heterocycles. The third-order valence-corrected chi connectivity index (χ3v) is 3.64. The Labute approximate surface area is 106 Å². The minimum atomic E-state index is -0.696. The van der Waals surface area contributed by atoms with Crippen LogP contribution < -0.4 is 0 Å². The lowest BCUT2D eigenvalue weighted by atomic mass is 9.89. The monoisotopic (exact) mass is 260 g/mol. The number of carbonyl (C=O) groups excluding carboxylic acids is 2. The number of carbonyl (C=O) groups is 2. The van der Waals surface area contributed by atoms with Crippen molar-refractivity contribution in [2.24, 2.45) is 11.8 Å². The first-order chi connectivity index (χ1) is 8.07. The minimum absolute atomic E-state index is 0.0583. The first-order valence-electron chi connectivity index (χ1n) is 5.97. The molecule has 17 heavy (non-hydrogen) atoms. The topological polar surface area (TPSA) is 52.6 Å². The molecule has 1 heterocycles. The van der Waals surface area contributed by atoms with E-state index in [4.69, 9.17) is 9.47 Å². The molecule has 0 amide bonds. The van der Waals surface area contributed by atoms with Gasteiger partial charge < -0.3 is 9.47 Å². The van der Waals surface area contributed by atoms with Crippen LogP contribution in [0, 0.1) is 11.8 Å². The van der Waals surface area contributed by atoms with Crippen molar-refractivity contribution in [2.75, 3.05) is 24.7 Å². The van der Waals surface area contributed by atoms with Crippen molar-refractivity contribution in [3.63, 3.8) is 0 Å². The van der Waals surface area contributed by atoms with Crippen molar-refractivity contribution in [2.45, 2.75) is 26.9 Å². The van der Waals surface area contributed by atoms with Gasteiger partial charge in [0.15, 0.2) is 5.78 Å². The molecule has 1 aliphatic rings. The van der Waals surface area contributed by atoms with E-state index >= 15 is 0 Å². The number of thioether (sulfide) groups is 1. The molecule has 0 saturated carbocycles. The van der Waals surface area contributed by atoms with E-state index in [1.165, 1.54) is 0 Å². The van der Waals surface area contributed by atoms with Gasteiger partial charge >= 0.3 is 5.97 Å². The fourth-order valence-electron chi connectivity index (χ4n) is 1.80. The standard InChI is InChI=1S/C12H20O4S/c1-4-15-12(14)10(8(2)3)11(13)9-7-17-6-5-16-9/h8-10H,4-7H2,1-3H3. The Bertz CT molecular complexity index is 272. The third-order valence-electron chi connectivity index (χ3n) is 2.65. The number of ether oxygens (including phenoxy) is 2. The Kier molecular flexibility index (Phi) is 5.98. The molecule has 0 spiro atoms. The van der Waals surface area contributed by atoms with Gasteiger partial charge in [-0.15, -0.1) is 0 Å². The van der Waals surface area contributed by atoms with E-state index in [1.807, 2.05) is 13.8 Å². The van der Waals surface area contributed by atoms with Gasteiger partial charge in [-0.25, -0.2) is 0 Å². The van der Waals surface area contributed by atoms with E-state index in [0.717, 1.165) is 5.75 Å². The second kappa shape index (κ2) is 7.01. The molecule has 98 valence electrons. The fourth-order valence-corrected chi connectivity index (χ4v) is 2.66. The molecular formula is C12H20O4S. The highest BCUT2D eigenvalue weighted by atomic mass is 32.2. The number of hydrogen-bond donors (Lipinski definition) is 0. The maximum absolute atomic E-state index is 12.2. The van der Waals surface area contributed by atoms with Crippen molar-refractivity contribution < 1.29 is 19.1 Å². The number of ketones is 1. The Hall–Kier alpha value is -0.550. The SMILES string of the molecule is CCOC(=O)C(C(=O)C1CSCCO1)C(C)C. The van der Waals surface area contributed by atoms with E-state index < -0.39 is 18.0 Å². The second-order valence-corrected chi connectivity index (χ2v) is 5.46. The number of rotatable bonds is 5. The molecule has 5 heteroatoms. The minimum Gasteiger partial charge on any atom is -0.465 e. The molecule has 1 rings (SSSR count). The van der Waals surface area contributed by atoms with E-state index in [0.29, 0.717) is 19.0 Å². The normalized spacial score (nSPS) is 22.2. The molecule has 2 unspecified atom stereocenters. The van der Waals surface area contributed by atoms with Crippen LogP contribution in [0.15, 0.2) is 0 Å². The van der Waals surface area contributed by atoms with Gasteiger partial charge in [-0.3, -0.25) is 9.59 Å². The van der Waals surface area contributed by atoms with E-state index in [1.54, 1.807) is 18.7 Å². The lowest BCUT2D eigenvalue weighted by molar-refractivity contribution is -0.156. The summed E-state index contributed by atoms with van der Waals surface area (Å²) in [7, 11) is 0. The van der Waals surface area contributed by atoms with Gasteiger partial charge in [-0.05, 0) is 12.8 Å². The summed E-state index contributed by atoms with van der Waals surface area (Å²) in [5, 5.41) is 0. The smallest absolute Gasteiger partial charge is 0.316 e. The third kappa shape index (κ3) is 4.00. The lowest BCUT2D eigenvalue weighted by Crippen LogP contribution is -2.41. The van der Waals surface area contributed by atoms with Gasteiger partial charge in [0.05, 0.1) is 13.2 Å². The quantitative estimate of drug-likeness (QED) is 0.554. The second-order valence-electron chi connectivity index (χ2n) is 4.31. The van der Waals surface area contributed by atoms with Gasteiger partial charge in [-0.2, -0.15) is 11.8 Å². The predicted molar refractivity (Wildman–Crippen MR) is 67.0 cm³/mol. The van der Waals surface area contributed by atoms with Crippen LogP contribution in [0.2, 0.25) is 0 Å². The van der Waals surface area contributed by atoms with Crippen molar-refractivity contribution in [3.8, 4) is 0 Å². The molecule has 0 radical (unpaired) electrons. The highest BCUT2D eigenvalue weighted by molar-refractivity contribution is 7.99. The zero-order valence-electron chi connectivity index (χ0n) is 10.6. The molecule has 0 aromatic carbocycles. The van der Waals surface area contributed by atoms with Gasteiger partial charge in [0, 0.05) is 11.5 Å². The Balaban J connectivity index is 2.68.